The van der Waals surface area contributed by atoms with Crippen LogP contribution >= 0.6 is 0 Å². The van der Waals surface area contributed by atoms with E-state index in [0.29, 0.717) is 17.5 Å². The van der Waals surface area contributed by atoms with E-state index in [2.05, 4.69) is 4.98 Å². The number of rotatable bonds is 4. The van der Waals surface area contributed by atoms with Gasteiger partial charge in [0.1, 0.15) is 5.82 Å². The van der Waals surface area contributed by atoms with Crippen molar-refractivity contribution >= 4 is 9.84 Å². The van der Waals surface area contributed by atoms with E-state index in [9.17, 15) is 8.42 Å². The second kappa shape index (κ2) is 7.10. The molecule has 0 N–H and O–H groups in total. The summed E-state index contributed by atoms with van der Waals surface area (Å²) < 4.78 is 41.0. The number of hydrogen-bond acceptors (Lipinski definition) is 3. The molecule has 0 saturated heterocycles. The lowest BCUT2D eigenvalue weighted by molar-refractivity contribution is 0.478. The first kappa shape index (κ1) is 20.6. The maximum atomic E-state index is 15.1. The van der Waals surface area contributed by atoms with Crippen molar-refractivity contribution in [1.82, 2.24) is 4.98 Å². The second-order valence-corrected chi connectivity index (χ2v) is 10.9. The van der Waals surface area contributed by atoms with Crippen LogP contribution in [0.25, 0.3) is 0 Å². The summed E-state index contributed by atoms with van der Waals surface area (Å²) in [5, 5.41) is 0. The van der Waals surface area contributed by atoms with Gasteiger partial charge in [-0.1, -0.05) is 41.5 Å². The molecule has 0 radical (unpaired) electrons. The number of aromatic nitrogens is 1. The van der Waals surface area contributed by atoms with Crippen LogP contribution in [-0.4, -0.2) is 19.2 Å². The number of halogens is 1. The van der Waals surface area contributed by atoms with Crippen molar-refractivity contribution in [3.05, 3.63) is 59.2 Å². The van der Waals surface area contributed by atoms with Gasteiger partial charge in [-0.05, 0) is 58.2 Å². The first-order valence-corrected chi connectivity index (χ1v) is 10.4. The van der Waals surface area contributed by atoms with Crippen molar-refractivity contribution in [1.29, 1.82) is 0 Å². The van der Waals surface area contributed by atoms with Gasteiger partial charge in [0.2, 0.25) is 0 Å². The van der Waals surface area contributed by atoms with Crippen molar-refractivity contribution in [3.8, 4) is 0 Å². The zero-order valence-electron chi connectivity index (χ0n) is 16.4. The highest BCUT2D eigenvalue weighted by molar-refractivity contribution is 7.91. The molecule has 0 fully saturated rings. The molecule has 142 valence electrons. The summed E-state index contributed by atoms with van der Waals surface area (Å²) in [5.74, 6) is -0.325. The zero-order chi connectivity index (χ0) is 19.8. The van der Waals surface area contributed by atoms with Gasteiger partial charge in [0.25, 0.3) is 0 Å². The Kier molecular flexibility index (Phi) is 5.62. The lowest BCUT2D eigenvalue weighted by Gasteiger charge is -2.27. The SMILES string of the molecule is CC(C)(C)c1cc(S(=O)(=O)CCc2ccncc2)cc(C(C)(C)C)c1F. The largest absolute Gasteiger partial charge is 0.265 e. The number of nitrogens with zero attached hydrogens (tertiary/aromatic N) is 1. The van der Waals surface area contributed by atoms with Gasteiger partial charge in [-0.15, -0.1) is 0 Å². The molecule has 1 heterocycles. The fourth-order valence-electron chi connectivity index (χ4n) is 2.79. The molecular weight excluding hydrogens is 349 g/mol. The average molecular weight is 378 g/mol. The molecule has 0 amide bonds. The third-order valence-electron chi connectivity index (χ3n) is 4.43. The van der Waals surface area contributed by atoms with Gasteiger partial charge in [0.15, 0.2) is 9.84 Å². The van der Waals surface area contributed by atoms with E-state index in [4.69, 9.17) is 0 Å². The topological polar surface area (TPSA) is 47.0 Å². The Hall–Kier alpha value is -1.75. The van der Waals surface area contributed by atoms with Crippen molar-refractivity contribution in [3.63, 3.8) is 0 Å². The number of benzene rings is 1. The number of hydrogen-bond donors (Lipinski definition) is 0. The van der Waals surface area contributed by atoms with Crippen LogP contribution in [0.4, 0.5) is 4.39 Å². The lowest BCUT2D eigenvalue weighted by atomic mass is 9.80. The Morgan fingerprint density at radius 1 is 0.923 bits per heavy atom. The fourth-order valence-corrected chi connectivity index (χ4v) is 4.12. The van der Waals surface area contributed by atoms with E-state index in [1.165, 1.54) is 12.1 Å². The van der Waals surface area contributed by atoms with Crippen LogP contribution in [0.3, 0.4) is 0 Å². The van der Waals surface area contributed by atoms with Crippen LogP contribution in [0.2, 0.25) is 0 Å². The molecule has 0 bridgehead atoms. The number of aryl methyl sites for hydroxylation is 1. The predicted molar refractivity (Wildman–Crippen MR) is 104 cm³/mol. The average Bonchev–Trinajstić information content (AvgIpc) is 2.52. The molecule has 0 saturated carbocycles. The molecule has 1 aromatic carbocycles. The monoisotopic (exact) mass is 377 g/mol. The van der Waals surface area contributed by atoms with Crippen LogP contribution < -0.4 is 0 Å². The summed E-state index contributed by atoms with van der Waals surface area (Å²) in [4.78, 5) is 4.14. The summed E-state index contributed by atoms with van der Waals surface area (Å²) in [7, 11) is -3.53. The third kappa shape index (κ3) is 4.70. The molecule has 26 heavy (non-hydrogen) atoms. The number of sulfone groups is 1. The van der Waals surface area contributed by atoms with E-state index in [0.717, 1.165) is 5.56 Å². The van der Waals surface area contributed by atoms with Crippen LogP contribution in [0.5, 0.6) is 0 Å². The van der Waals surface area contributed by atoms with Gasteiger partial charge in [-0.2, -0.15) is 0 Å². The minimum Gasteiger partial charge on any atom is -0.265 e. The quantitative estimate of drug-likeness (QED) is 0.717. The van der Waals surface area contributed by atoms with Crippen molar-refractivity contribution < 1.29 is 12.8 Å². The molecule has 5 heteroatoms. The molecule has 2 aromatic rings. The minimum absolute atomic E-state index is 0.0180. The summed E-state index contributed by atoms with van der Waals surface area (Å²) in [6.45, 7) is 11.4. The summed E-state index contributed by atoms with van der Waals surface area (Å²) >= 11 is 0. The Morgan fingerprint density at radius 2 is 1.38 bits per heavy atom. The summed E-state index contributed by atoms with van der Waals surface area (Å²) in [5.41, 5.74) is 0.819. The fraction of sp³-hybridized carbons (Fsp3) is 0.476. The molecule has 0 spiro atoms. The van der Waals surface area contributed by atoms with Crippen LogP contribution in [0.1, 0.15) is 58.2 Å². The van der Waals surface area contributed by atoms with Crippen LogP contribution in [0.15, 0.2) is 41.6 Å². The maximum absolute atomic E-state index is 15.1. The first-order chi connectivity index (χ1) is 11.8. The smallest absolute Gasteiger partial charge is 0.178 e. The molecule has 1 aromatic heterocycles. The Bertz CT molecular complexity index is 841. The van der Waals surface area contributed by atoms with Gasteiger partial charge in [0, 0.05) is 12.4 Å². The molecule has 0 aliphatic rings. The number of pyridine rings is 1. The molecule has 0 unspecified atom stereocenters. The maximum Gasteiger partial charge on any atom is 0.178 e. The highest BCUT2D eigenvalue weighted by Gasteiger charge is 2.29. The normalized spacial score (nSPS) is 13.0. The Labute approximate surface area is 156 Å². The highest BCUT2D eigenvalue weighted by atomic mass is 32.2. The highest BCUT2D eigenvalue weighted by Crippen LogP contribution is 2.35. The lowest BCUT2D eigenvalue weighted by Crippen LogP contribution is -2.22. The Morgan fingerprint density at radius 3 is 1.81 bits per heavy atom. The van der Waals surface area contributed by atoms with E-state index < -0.39 is 20.7 Å². The Balaban J connectivity index is 2.50. The summed E-state index contributed by atoms with van der Waals surface area (Å²) in [6.07, 6.45) is 3.70. The van der Waals surface area contributed by atoms with Crippen LogP contribution in [0, 0.1) is 5.82 Å². The van der Waals surface area contributed by atoms with Gasteiger partial charge < -0.3 is 0 Å². The zero-order valence-corrected chi connectivity index (χ0v) is 17.2. The minimum atomic E-state index is -3.53. The van der Waals surface area contributed by atoms with Crippen LogP contribution in [-0.2, 0) is 27.1 Å². The van der Waals surface area contributed by atoms with Crippen molar-refractivity contribution in [2.45, 2.75) is 63.7 Å². The van der Waals surface area contributed by atoms with Gasteiger partial charge >= 0.3 is 0 Å². The van der Waals surface area contributed by atoms with E-state index in [1.807, 2.05) is 41.5 Å². The van der Waals surface area contributed by atoms with Gasteiger partial charge in [0.05, 0.1) is 10.6 Å². The molecule has 0 aliphatic heterocycles. The van der Waals surface area contributed by atoms with E-state index in [-0.39, 0.29) is 16.5 Å². The molecular formula is C21H28FNO2S. The molecule has 0 aliphatic carbocycles. The third-order valence-corrected chi connectivity index (χ3v) is 6.13. The molecule has 2 rings (SSSR count). The predicted octanol–water partition coefficient (Wildman–Crippen LogP) is 4.83. The molecule has 0 atom stereocenters. The van der Waals surface area contributed by atoms with Gasteiger partial charge in [-0.3, -0.25) is 4.98 Å². The van der Waals surface area contributed by atoms with Gasteiger partial charge in [-0.25, -0.2) is 12.8 Å². The summed E-state index contributed by atoms with van der Waals surface area (Å²) in [6, 6.07) is 6.63. The molecule has 3 nitrogen and oxygen atoms in total. The van der Waals surface area contributed by atoms with E-state index >= 15 is 4.39 Å². The van der Waals surface area contributed by atoms with Crippen molar-refractivity contribution in [2.24, 2.45) is 0 Å². The van der Waals surface area contributed by atoms with Crippen molar-refractivity contribution in [2.75, 3.05) is 5.75 Å². The second-order valence-electron chi connectivity index (χ2n) is 8.76. The van der Waals surface area contributed by atoms with E-state index in [1.54, 1.807) is 24.5 Å². The first-order valence-electron chi connectivity index (χ1n) is 8.78. The standard InChI is InChI=1S/C21H28FNO2S/c1-20(2,3)17-13-16(14-18(19(17)22)21(4,5)6)26(24,25)12-9-15-7-10-23-11-8-15/h7-8,10-11,13-14H,9,12H2,1-6H3.